The lowest BCUT2D eigenvalue weighted by molar-refractivity contribution is -0.107. The molecule has 2 N–H and O–H groups in total. The zero-order chi connectivity index (χ0) is 18.1. The second-order valence-corrected chi connectivity index (χ2v) is 7.29. The third-order valence-electron chi connectivity index (χ3n) is 5.49. The Hall–Kier alpha value is -1.23. The summed E-state index contributed by atoms with van der Waals surface area (Å²) in [5, 5.41) is 0. The maximum Gasteiger partial charge on any atom is 0.119 e. The summed E-state index contributed by atoms with van der Waals surface area (Å²) in [5.74, 6) is 0.725. The Bertz CT molecular complexity index is 476. The van der Waals surface area contributed by atoms with Crippen LogP contribution in [0.5, 0.6) is 0 Å². The number of benzene rings is 1. The molecule has 4 heteroatoms. The van der Waals surface area contributed by atoms with Gasteiger partial charge in [-0.25, -0.2) is 0 Å². The van der Waals surface area contributed by atoms with E-state index in [0.29, 0.717) is 18.6 Å². The molecule has 2 atom stereocenters. The highest BCUT2D eigenvalue weighted by Gasteiger charge is 2.30. The predicted octanol–water partition coefficient (Wildman–Crippen LogP) is 3.36. The van der Waals surface area contributed by atoms with Gasteiger partial charge in [-0.1, -0.05) is 37.3 Å². The van der Waals surface area contributed by atoms with E-state index in [0.717, 1.165) is 31.8 Å². The molecule has 0 aromatic heterocycles. The van der Waals surface area contributed by atoms with Crippen molar-refractivity contribution in [3.63, 3.8) is 0 Å². The molecule has 4 nitrogen and oxygen atoms in total. The molecule has 3 rings (SSSR count). The molecule has 2 fully saturated rings. The average Bonchev–Trinajstić information content (AvgIpc) is 2.99. The van der Waals surface area contributed by atoms with Crippen molar-refractivity contribution >= 4 is 6.29 Å². The van der Waals surface area contributed by atoms with Gasteiger partial charge >= 0.3 is 0 Å². The van der Waals surface area contributed by atoms with Crippen LogP contribution >= 0.6 is 0 Å². The minimum atomic E-state index is 0.288. The van der Waals surface area contributed by atoms with Gasteiger partial charge < -0.3 is 15.3 Å². The highest BCUT2D eigenvalue weighted by molar-refractivity contribution is 5.48. The smallest absolute Gasteiger partial charge is 0.119 e. The molecule has 2 aliphatic rings. The van der Waals surface area contributed by atoms with E-state index in [9.17, 15) is 4.79 Å². The van der Waals surface area contributed by atoms with Crippen LogP contribution in [0.4, 0.5) is 0 Å². The summed E-state index contributed by atoms with van der Waals surface area (Å²) in [6, 6.07) is 11.6. The quantitative estimate of drug-likeness (QED) is 0.831. The minimum Gasteiger partial charge on any atom is -0.377 e. The molecule has 2 unspecified atom stereocenters. The van der Waals surface area contributed by atoms with Gasteiger partial charge in [-0.05, 0) is 57.2 Å². The van der Waals surface area contributed by atoms with Crippen LogP contribution in [0.15, 0.2) is 30.3 Å². The monoisotopic (exact) mass is 346 g/mol. The fraction of sp³-hybridized carbons (Fsp3) is 0.667. The van der Waals surface area contributed by atoms with Gasteiger partial charge in [0.2, 0.25) is 0 Å². The third-order valence-corrected chi connectivity index (χ3v) is 5.49. The van der Waals surface area contributed by atoms with Gasteiger partial charge in [0.1, 0.15) is 6.29 Å². The summed E-state index contributed by atoms with van der Waals surface area (Å²) in [4.78, 5) is 11.5. The molecule has 1 aliphatic carbocycles. The highest BCUT2D eigenvalue weighted by Crippen LogP contribution is 2.34. The first kappa shape index (κ1) is 20.1. The van der Waals surface area contributed by atoms with Crippen LogP contribution in [-0.2, 0) is 9.53 Å². The first-order chi connectivity index (χ1) is 12.2. The second-order valence-electron chi connectivity index (χ2n) is 7.29. The van der Waals surface area contributed by atoms with Crippen LogP contribution in [-0.4, -0.2) is 49.6 Å². The Morgan fingerprint density at radius 3 is 2.32 bits per heavy atom. The van der Waals surface area contributed by atoms with Crippen molar-refractivity contribution in [2.45, 2.75) is 69.6 Å². The van der Waals surface area contributed by atoms with E-state index < -0.39 is 0 Å². The molecule has 1 heterocycles. The van der Waals surface area contributed by atoms with Crippen molar-refractivity contribution in [1.82, 2.24) is 4.90 Å². The summed E-state index contributed by atoms with van der Waals surface area (Å²) >= 11 is 0. The molecule has 1 aromatic carbocycles. The second kappa shape index (κ2) is 10.7. The summed E-state index contributed by atoms with van der Waals surface area (Å²) < 4.78 is 6.17. The lowest BCUT2D eigenvalue weighted by Crippen LogP contribution is -2.42. The van der Waals surface area contributed by atoms with Gasteiger partial charge in [-0.2, -0.15) is 0 Å². The third kappa shape index (κ3) is 6.21. The average molecular weight is 347 g/mol. The molecule has 0 amide bonds. The van der Waals surface area contributed by atoms with Crippen molar-refractivity contribution < 1.29 is 9.53 Å². The number of hydrogen-bond acceptors (Lipinski definition) is 4. The number of carbonyl (C=O) groups is 1. The maximum atomic E-state index is 9.17. The summed E-state index contributed by atoms with van der Waals surface area (Å²) in [6.07, 6.45) is 7.93. The number of rotatable bonds is 5. The van der Waals surface area contributed by atoms with Gasteiger partial charge in [-0.3, -0.25) is 4.90 Å². The Morgan fingerprint density at radius 1 is 1.16 bits per heavy atom. The van der Waals surface area contributed by atoms with Gasteiger partial charge in [0.25, 0.3) is 0 Å². The van der Waals surface area contributed by atoms with E-state index in [4.69, 9.17) is 10.5 Å². The molecule has 1 saturated carbocycles. The predicted molar refractivity (Wildman–Crippen MR) is 103 cm³/mol. The van der Waals surface area contributed by atoms with E-state index in [1.165, 1.54) is 31.2 Å². The first-order valence-corrected chi connectivity index (χ1v) is 9.71. The standard InChI is InChI=1S/C18H28N2O.C3H6O/c1-20-12-11-17(19)18(20)13-21-16-9-7-15(8-10-16)14-5-3-2-4-6-14;1-2-3-4/h2-6,15-18H,7-13,19H2,1H3;3H,2H2,1H3. The zero-order valence-electron chi connectivity index (χ0n) is 15.8. The van der Waals surface area contributed by atoms with E-state index in [1.54, 1.807) is 0 Å². The molecule has 1 aliphatic heterocycles. The van der Waals surface area contributed by atoms with Crippen LogP contribution in [0.1, 0.15) is 56.9 Å². The minimum absolute atomic E-state index is 0.288. The molecule has 25 heavy (non-hydrogen) atoms. The lowest BCUT2D eigenvalue weighted by Gasteiger charge is -2.31. The fourth-order valence-corrected chi connectivity index (χ4v) is 3.81. The van der Waals surface area contributed by atoms with Gasteiger partial charge in [0.05, 0.1) is 12.7 Å². The first-order valence-electron chi connectivity index (χ1n) is 9.71. The van der Waals surface area contributed by atoms with Crippen LogP contribution < -0.4 is 5.73 Å². The van der Waals surface area contributed by atoms with Crippen LogP contribution in [0, 0.1) is 0 Å². The van der Waals surface area contributed by atoms with E-state index in [-0.39, 0.29) is 6.04 Å². The van der Waals surface area contributed by atoms with Crippen molar-refractivity contribution in [3.8, 4) is 0 Å². The molecule has 0 radical (unpaired) electrons. The number of carbonyl (C=O) groups excluding carboxylic acids is 1. The molecule has 0 bridgehead atoms. The van der Waals surface area contributed by atoms with E-state index in [1.807, 2.05) is 6.92 Å². The topological polar surface area (TPSA) is 55.6 Å². The molecule has 1 aromatic rings. The van der Waals surface area contributed by atoms with Crippen LogP contribution in [0.3, 0.4) is 0 Å². The molecule has 0 spiro atoms. The number of nitrogens with two attached hydrogens (primary N) is 1. The molecular formula is C21H34N2O2. The Balaban J connectivity index is 0.000000511. The zero-order valence-corrected chi connectivity index (χ0v) is 15.8. The number of likely N-dealkylation sites (N-methyl/N-ethyl adjacent to an activating group) is 1. The largest absolute Gasteiger partial charge is 0.377 e. The SMILES string of the molecule is CCC=O.CN1CCC(N)C1COC1CCC(c2ccccc2)CC1. The summed E-state index contributed by atoms with van der Waals surface area (Å²) in [6.45, 7) is 3.72. The van der Waals surface area contributed by atoms with Crippen LogP contribution in [0.25, 0.3) is 0 Å². The molecule has 140 valence electrons. The number of ether oxygens (including phenoxy) is 1. The normalized spacial score (nSPS) is 29.7. The molecular weight excluding hydrogens is 312 g/mol. The van der Waals surface area contributed by atoms with Gasteiger partial charge in [-0.15, -0.1) is 0 Å². The van der Waals surface area contributed by atoms with Crippen molar-refractivity contribution in [3.05, 3.63) is 35.9 Å². The number of likely N-dealkylation sites (tertiary alicyclic amines) is 1. The number of nitrogens with zero attached hydrogens (tertiary/aromatic N) is 1. The van der Waals surface area contributed by atoms with Gasteiger partial charge in [0.15, 0.2) is 0 Å². The maximum absolute atomic E-state index is 9.17. The Labute approximate surface area is 152 Å². The number of aldehydes is 1. The summed E-state index contributed by atoms with van der Waals surface area (Å²) in [7, 11) is 2.16. The van der Waals surface area contributed by atoms with Crippen LogP contribution in [0.2, 0.25) is 0 Å². The summed E-state index contributed by atoms with van der Waals surface area (Å²) in [5.41, 5.74) is 7.66. The van der Waals surface area contributed by atoms with Crippen molar-refractivity contribution in [2.75, 3.05) is 20.2 Å². The fourth-order valence-electron chi connectivity index (χ4n) is 3.81. The highest BCUT2D eigenvalue weighted by atomic mass is 16.5. The van der Waals surface area contributed by atoms with E-state index >= 15 is 0 Å². The van der Waals surface area contributed by atoms with E-state index in [2.05, 4.69) is 42.3 Å². The van der Waals surface area contributed by atoms with Crippen molar-refractivity contribution in [2.24, 2.45) is 5.73 Å². The Morgan fingerprint density at radius 2 is 1.80 bits per heavy atom. The lowest BCUT2D eigenvalue weighted by atomic mass is 9.83. The van der Waals surface area contributed by atoms with Crippen molar-refractivity contribution in [1.29, 1.82) is 0 Å². The Kier molecular flexibility index (Phi) is 8.59. The number of hydrogen-bond donors (Lipinski definition) is 1. The van der Waals surface area contributed by atoms with Gasteiger partial charge in [0, 0.05) is 18.5 Å². The molecule has 1 saturated heterocycles.